The van der Waals surface area contributed by atoms with Gasteiger partial charge < -0.3 is 5.21 Å². The number of carbonyl (C=O) groups excluding carboxylic acids is 2. The van der Waals surface area contributed by atoms with Crippen molar-refractivity contribution in [3.05, 3.63) is 35.4 Å². The van der Waals surface area contributed by atoms with Crippen molar-refractivity contribution in [1.29, 1.82) is 0 Å². The van der Waals surface area contributed by atoms with Crippen LogP contribution in [0.25, 0.3) is 0 Å². The van der Waals surface area contributed by atoms with Crippen molar-refractivity contribution in [3.8, 4) is 0 Å². The highest BCUT2D eigenvalue weighted by Gasteiger charge is 2.34. The molecule has 0 fully saturated rings. The van der Waals surface area contributed by atoms with E-state index in [0.29, 0.717) is 30.5 Å². The number of unbranched alkanes of at least 4 members (excludes halogenated alkanes) is 1. The van der Waals surface area contributed by atoms with Crippen LogP contribution in [0.5, 0.6) is 0 Å². The molecule has 1 aromatic carbocycles. The molecule has 0 unspecified atom stereocenters. The Labute approximate surface area is 98.3 Å². The van der Waals surface area contributed by atoms with Crippen molar-refractivity contribution < 1.29 is 14.8 Å². The summed E-state index contributed by atoms with van der Waals surface area (Å²) in [6, 6.07) is 6.80. The molecule has 0 aliphatic carbocycles. The van der Waals surface area contributed by atoms with E-state index in [-0.39, 0.29) is 11.8 Å². The number of rotatable bonds is 4. The largest absolute Gasteiger partial charge is 0.411 e. The molecule has 5 heteroatoms. The number of carbonyl (C=O) groups is 2. The summed E-state index contributed by atoms with van der Waals surface area (Å²) in [5.41, 5.74) is 0.932. The Balaban J connectivity index is 2.08. The molecule has 0 radical (unpaired) electrons. The second kappa shape index (κ2) is 4.78. The van der Waals surface area contributed by atoms with Gasteiger partial charge in [-0.3, -0.25) is 14.5 Å². The van der Waals surface area contributed by atoms with E-state index in [1.807, 2.05) is 0 Å². The third-order valence-electron chi connectivity index (χ3n) is 2.67. The molecule has 0 bridgehead atoms. The van der Waals surface area contributed by atoms with E-state index in [1.54, 1.807) is 24.3 Å². The molecular weight excluding hydrogens is 220 g/mol. The van der Waals surface area contributed by atoms with E-state index >= 15 is 0 Å². The topological polar surface area (TPSA) is 70.0 Å². The Morgan fingerprint density at radius 1 is 1.18 bits per heavy atom. The number of fused-ring (bicyclic) bond motifs is 1. The molecule has 0 spiro atoms. The molecule has 0 saturated carbocycles. The summed E-state index contributed by atoms with van der Waals surface area (Å²) in [6.07, 6.45) is 2.47. The molecule has 2 amide bonds. The zero-order valence-corrected chi connectivity index (χ0v) is 9.17. The molecule has 1 aliphatic rings. The van der Waals surface area contributed by atoms with Crippen LogP contribution in [-0.2, 0) is 0 Å². The predicted molar refractivity (Wildman–Crippen MR) is 61.3 cm³/mol. The lowest BCUT2D eigenvalue weighted by Crippen LogP contribution is -2.30. The highest BCUT2D eigenvalue weighted by Crippen LogP contribution is 2.22. The Kier molecular flexibility index (Phi) is 3.18. The minimum absolute atomic E-state index is 0.244. The van der Waals surface area contributed by atoms with Gasteiger partial charge in [0, 0.05) is 12.8 Å². The van der Waals surface area contributed by atoms with Crippen molar-refractivity contribution in [2.75, 3.05) is 6.54 Å². The van der Waals surface area contributed by atoms with Crippen LogP contribution in [0.2, 0.25) is 0 Å². The summed E-state index contributed by atoms with van der Waals surface area (Å²) < 4.78 is 0. The average Bonchev–Trinajstić information content (AvgIpc) is 2.60. The summed E-state index contributed by atoms with van der Waals surface area (Å²) in [5.74, 6) is -0.488. The maximum atomic E-state index is 11.9. The van der Waals surface area contributed by atoms with E-state index in [2.05, 4.69) is 5.16 Å². The number of amides is 2. The van der Waals surface area contributed by atoms with Crippen LogP contribution in [0, 0.1) is 0 Å². The Bertz CT molecular complexity index is 447. The number of nitrogens with zero attached hydrogens (tertiary/aromatic N) is 2. The van der Waals surface area contributed by atoms with Crippen molar-refractivity contribution in [2.24, 2.45) is 5.16 Å². The monoisotopic (exact) mass is 232 g/mol. The fourth-order valence-electron chi connectivity index (χ4n) is 1.84. The first kappa shape index (κ1) is 11.3. The molecule has 2 rings (SSSR count). The van der Waals surface area contributed by atoms with Crippen LogP contribution in [0.1, 0.15) is 33.6 Å². The number of imide groups is 1. The zero-order valence-electron chi connectivity index (χ0n) is 9.17. The van der Waals surface area contributed by atoms with Gasteiger partial charge in [0.25, 0.3) is 11.8 Å². The maximum absolute atomic E-state index is 11.9. The molecule has 5 nitrogen and oxygen atoms in total. The Hall–Kier alpha value is -2.17. The Morgan fingerprint density at radius 2 is 1.76 bits per heavy atom. The van der Waals surface area contributed by atoms with Gasteiger partial charge in [0.2, 0.25) is 0 Å². The van der Waals surface area contributed by atoms with Crippen molar-refractivity contribution >= 4 is 18.0 Å². The smallest absolute Gasteiger partial charge is 0.261 e. The summed E-state index contributed by atoms with van der Waals surface area (Å²) in [5, 5.41) is 11.1. The predicted octanol–water partition coefficient (Wildman–Crippen LogP) is 1.52. The first-order valence-electron chi connectivity index (χ1n) is 5.37. The standard InChI is InChI=1S/C12H12N2O3/c15-11-9-5-1-2-6-10(9)12(16)14(11)8-4-3-7-13-17/h1-2,5-7,17H,3-4,8H2. The number of hydrogen-bond donors (Lipinski definition) is 1. The summed E-state index contributed by atoms with van der Waals surface area (Å²) in [6.45, 7) is 0.346. The summed E-state index contributed by atoms with van der Waals surface area (Å²) in [4.78, 5) is 25.0. The van der Waals surface area contributed by atoms with E-state index in [9.17, 15) is 9.59 Å². The average molecular weight is 232 g/mol. The number of hydrogen-bond acceptors (Lipinski definition) is 4. The third-order valence-corrected chi connectivity index (χ3v) is 2.67. The van der Waals surface area contributed by atoms with Gasteiger partial charge in [0.15, 0.2) is 0 Å². The van der Waals surface area contributed by atoms with Gasteiger partial charge in [-0.05, 0) is 25.0 Å². The molecule has 88 valence electrons. The van der Waals surface area contributed by atoms with Crippen LogP contribution >= 0.6 is 0 Å². The van der Waals surface area contributed by atoms with E-state index in [4.69, 9.17) is 5.21 Å². The lowest BCUT2D eigenvalue weighted by Gasteiger charge is -2.12. The molecule has 1 N–H and O–H groups in total. The highest BCUT2D eigenvalue weighted by molar-refractivity contribution is 6.21. The summed E-state index contributed by atoms with van der Waals surface area (Å²) >= 11 is 0. The second-order valence-corrected chi connectivity index (χ2v) is 3.75. The fraction of sp³-hybridized carbons (Fsp3) is 0.250. The van der Waals surface area contributed by atoms with Crippen LogP contribution < -0.4 is 0 Å². The molecule has 0 aromatic heterocycles. The maximum Gasteiger partial charge on any atom is 0.261 e. The Morgan fingerprint density at radius 3 is 2.29 bits per heavy atom. The lowest BCUT2D eigenvalue weighted by molar-refractivity contribution is 0.0653. The van der Waals surface area contributed by atoms with E-state index in [1.165, 1.54) is 11.1 Å². The van der Waals surface area contributed by atoms with Gasteiger partial charge >= 0.3 is 0 Å². The molecule has 0 saturated heterocycles. The molecule has 0 atom stereocenters. The molecule has 1 aliphatic heterocycles. The molecule has 1 aromatic rings. The first-order valence-corrected chi connectivity index (χ1v) is 5.37. The van der Waals surface area contributed by atoms with Crippen molar-refractivity contribution in [2.45, 2.75) is 12.8 Å². The van der Waals surface area contributed by atoms with E-state index < -0.39 is 0 Å². The van der Waals surface area contributed by atoms with Gasteiger partial charge in [-0.1, -0.05) is 12.1 Å². The van der Waals surface area contributed by atoms with Gasteiger partial charge in [-0.15, -0.1) is 5.16 Å². The van der Waals surface area contributed by atoms with Crippen LogP contribution in [-0.4, -0.2) is 34.7 Å². The van der Waals surface area contributed by atoms with Crippen molar-refractivity contribution in [3.63, 3.8) is 0 Å². The van der Waals surface area contributed by atoms with Gasteiger partial charge in [-0.25, -0.2) is 0 Å². The molecule has 1 heterocycles. The highest BCUT2D eigenvalue weighted by atomic mass is 16.4. The minimum Gasteiger partial charge on any atom is -0.411 e. The number of oxime groups is 1. The number of benzene rings is 1. The normalized spacial score (nSPS) is 14.7. The quantitative estimate of drug-likeness (QED) is 0.281. The van der Waals surface area contributed by atoms with E-state index in [0.717, 1.165) is 0 Å². The molecule has 17 heavy (non-hydrogen) atoms. The zero-order chi connectivity index (χ0) is 12.3. The van der Waals surface area contributed by atoms with Gasteiger partial charge in [-0.2, -0.15) is 0 Å². The van der Waals surface area contributed by atoms with Gasteiger partial charge in [0.05, 0.1) is 11.1 Å². The molecular formula is C12H12N2O3. The first-order chi connectivity index (χ1) is 8.25. The SMILES string of the molecule is O=C1c2ccccc2C(=O)N1CCCC=NO. The summed E-state index contributed by atoms with van der Waals surface area (Å²) in [7, 11) is 0. The van der Waals surface area contributed by atoms with Crippen LogP contribution in [0.3, 0.4) is 0 Å². The minimum atomic E-state index is -0.244. The van der Waals surface area contributed by atoms with Crippen LogP contribution in [0.15, 0.2) is 29.4 Å². The third kappa shape index (κ3) is 2.04. The van der Waals surface area contributed by atoms with Crippen molar-refractivity contribution in [1.82, 2.24) is 4.90 Å². The lowest BCUT2D eigenvalue weighted by atomic mass is 10.1. The second-order valence-electron chi connectivity index (χ2n) is 3.75. The van der Waals surface area contributed by atoms with Gasteiger partial charge in [0.1, 0.15) is 0 Å². The fourth-order valence-corrected chi connectivity index (χ4v) is 1.84. The van der Waals surface area contributed by atoms with Crippen LogP contribution in [0.4, 0.5) is 0 Å².